The third-order valence-electron chi connectivity index (χ3n) is 4.67. The predicted octanol–water partition coefficient (Wildman–Crippen LogP) is 2.83. The summed E-state index contributed by atoms with van der Waals surface area (Å²) >= 11 is 0. The topological polar surface area (TPSA) is 87.4 Å². The van der Waals surface area contributed by atoms with Crippen LogP contribution < -0.4 is 16.4 Å². The molecule has 2 unspecified atom stereocenters. The molecule has 24 heavy (non-hydrogen) atoms. The molecule has 1 saturated heterocycles. The molecule has 1 aliphatic rings. The third-order valence-corrected chi connectivity index (χ3v) is 4.67. The van der Waals surface area contributed by atoms with E-state index < -0.39 is 12.1 Å². The minimum Gasteiger partial charge on any atom is -0.397 e. The summed E-state index contributed by atoms with van der Waals surface area (Å²) in [6, 6.07) is 5.28. The van der Waals surface area contributed by atoms with Gasteiger partial charge < -0.3 is 21.5 Å². The van der Waals surface area contributed by atoms with Crippen molar-refractivity contribution >= 4 is 17.3 Å². The van der Waals surface area contributed by atoms with Crippen LogP contribution in [0.2, 0.25) is 0 Å². The van der Waals surface area contributed by atoms with Crippen LogP contribution in [-0.2, 0) is 11.2 Å². The Morgan fingerprint density at radius 3 is 2.75 bits per heavy atom. The summed E-state index contributed by atoms with van der Waals surface area (Å²) in [5.74, 6) is -0.219. The first-order valence-corrected chi connectivity index (χ1v) is 9.22. The maximum atomic E-state index is 12.3. The fourth-order valence-electron chi connectivity index (χ4n) is 3.14. The number of anilines is 2. The Bertz CT molecular complexity index is 533. The molecule has 1 amide bonds. The largest absolute Gasteiger partial charge is 0.397 e. The number of aryl methyl sites for hydroxylation is 1. The molecule has 0 radical (unpaired) electrons. The van der Waals surface area contributed by atoms with E-state index in [9.17, 15) is 9.90 Å². The van der Waals surface area contributed by atoms with Crippen LogP contribution in [0.5, 0.6) is 0 Å². The molecule has 1 aromatic rings. The van der Waals surface area contributed by atoms with Gasteiger partial charge in [-0.05, 0) is 43.5 Å². The Morgan fingerprint density at radius 2 is 2.04 bits per heavy atom. The van der Waals surface area contributed by atoms with Gasteiger partial charge >= 0.3 is 0 Å². The van der Waals surface area contributed by atoms with Gasteiger partial charge in [0.2, 0.25) is 5.91 Å². The van der Waals surface area contributed by atoms with E-state index in [2.05, 4.69) is 17.6 Å². The van der Waals surface area contributed by atoms with E-state index in [4.69, 9.17) is 5.73 Å². The van der Waals surface area contributed by atoms with Gasteiger partial charge in [0, 0.05) is 0 Å². The fourth-order valence-corrected chi connectivity index (χ4v) is 3.14. The summed E-state index contributed by atoms with van der Waals surface area (Å²) in [6.07, 6.45) is 8.57. The van der Waals surface area contributed by atoms with E-state index in [1.54, 1.807) is 0 Å². The maximum Gasteiger partial charge on any atom is 0.244 e. The standard InChI is InChI=1S/C19H31N3O2/c1-2-3-4-5-6-7-8-14-9-10-15(20)16(13-14)22-19(24)18-17(23)11-12-21-18/h9-10,13,17-18,21,23H,2-8,11-12,20H2,1H3,(H,22,24). The van der Waals surface area contributed by atoms with Crippen LogP contribution in [0.25, 0.3) is 0 Å². The molecule has 134 valence electrons. The van der Waals surface area contributed by atoms with Crippen molar-refractivity contribution in [3.05, 3.63) is 23.8 Å². The number of nitrogens with one attached hydrogen (secondary N) is 2. The molecule has 5 N–H and O–H groups in total. The van der Waals surface area contributed by atoms with Gasteiger partial charge in [-0.15, -0.1) is 0 Å². The van der Waals surface area contributed by atoms with Gasteiger partial charge in [0.25, 0.3) is 0 Å². The van der Waals surface area contributed by atoms with Crippen LogP contribution in [0.4, 0.5) is 11.4 Å². The van der Waals surface area contributed by atoms with Crippen LogP contribution in [0.15, 0.2) is 18.2 Å². The molecule has 1 aliphatic heterocycles. The molecular weight excluding hydrogens is 302 g/mol. The first kappa shape index (κ1) is 18.7. The van der Waals surface area contributed by atoms with Crippen LogP contribution in [0, 0.1) is 0 Å². The van der Waals surface area contributed by atoms with Crippen molar-refractivity contribution < 1.29 is 9.90 Å². The van der Waals surface area contributed by atoms with Crippen molar-refractivity contribution in [3.63, 3.8) is 0 Å². The quantitative estimate of drug-likeness (QED) is 0.413. The number of carbonyl (C=O) groups excluding carboxylic acids is 1. The summed E-state index contributed by atoms with van der Waals surface area (Å²) in [5, 5.41) is 15.7. The number of amides is 1. The number of hydrogen-bond donors (Lipinski definition) is 4. The molecule has 2 atom stereocenters. The number of hydrogen-bond acceptors (Lipinski definition) is 4. The maximum absolute atomic E-state index is 12.3. The zero-order valence-corrected chi connectivity index (χ0v) is 14.7. The Hall–Kier alpha value is -1.59. The number of carbonyl (C=O) groups is 1. The number of rotatable bonds is 9. The van der Waals surface area contributed by atoms with Gasteiger partial charge in [-0.1, -0.05) is 45.1 Å². The second-order valence-electron chi connectivity index (χ2n) is 6.72. The first-order chi connectivity index (χ1) is 11.6. The smallest absolute Gasteiger partial charge is 0.244 e. The molecule has 0 spiro atoms. The lowest BCUT2D eigenvalue weighted by Gasteiger charge is -2.16. The molecule has 5 heteroatoms. The van der Waals surface area contributed by atoms with Crippen molar-refractivity contribution in [1.29, 1.82) is 0 Å². The van der Waals surface area contributed by atoms with E-state index in [1.165, 1.54) is 37.7 Å². The summed E-state index contributed by atoms with van der Waals surface area (Å²) in [4.78, 5) is 12.3. The zero-order valence-electron chi connectivity index (χ0n) is 14.7. The minimum atomic E-state index is -0.627. The van der Waals surface area contributed by atoms with E-state index in [0.717, 1.165) is 12.8 Å². The lowest BCUT2D eigenvalue weighted by Crippen LogP contribution is -2.42. The highest BCUT2D eigenvalue weighted by Crippen LogP contribution is 2.22. The molecule has 1 fully saturated rings. The SMILES string of the molecule is CCCCCCCCc1ccc(N)c(NC(=O)C2NCCC2O)c1. The van der Waals surface area contributed by atoms with Gasteiger partial charge in [-0.25, -0.2) is 0 Å². The zero-order chi connectivity index (χ0) is 17.4. The van der Waals surface area contributed by atoms with E-state index in [-0.39, 0.29) is 5.91 Å². The Labute approximate surface area is 145 Å². The normalized spacial score (nSPS) is 20.2. The Balaban J connectivity index is 1.85. The minimum absolute atomic E-state index is 0.219. The number of aliphatic hydroxyl groups excluding tert-OH is 1. The number of nitrogens with two attached hydrogens (primary N) is 1. The molecule has 0 aromatic heterocycles. The van der Waals surface area contributed by atoms with E-state index in [0.29, 0.717) is 24.3 Å². The van der Waals surface area contributed by atoms with Crippen molar-refractivity contribution in [2.45, 2.75) is 70.4 Å². The first-order valence-electron chi connectivity index (χ1n) is 9.22. The van der Waals surface area contributed by atoms with Gasteiger partial charge in [0.05, 0.1) is 17.5 Å². The molecule has 2 rings (SSSR count). The van der Waals surface area contributed by atoms with Crippen molar-refractivity contribution in [2.24, 2.45) is 0 Å². The molecule has 1 heterocycles. The second kappa shape index (κ2) is 9.64. The van der Waals surface area contributed by atoms with Gasteiger partial charge in [0.1, 0.15) is 6.04 Å². The molecular formula is C19H31N3O2. The highest BCUT2D eigenvalue weighted by atomic mass is 16.3. The lowest BCUT2D eigenvalue weighted by molar-refractivity contribution is -0.119. The predicted molar refractivity (Wildman–Crippen MR) is 99.0 cm³/mol. The highest BCUT2D eigenvalue weighted by molar-refractivity contribution is 5.98. The molecule has 0 bridgehead atoms. The number of aliphatic hydroxyl groups is 1. The molecule has 0 saturated carbocycles. The summed E-state index contributed by atoms with van der Waals surface area (Å²) < 4.78 is 0. The Kier molecular flexibility index (Phi) is 7.53. The van der Waals surface area contributed by atoms with Crippen LogP contribution in [0.1, 0.15) is 57.4 Å². The van der Waals surface area contributed by atoms with Crippen LogP contribution >= 0.6 is 0 Å². The fraction of sp³-hybridized carbons (Fsp3) is 0.632. The second-order valence-corrected chi connectivity index (χ2v) is 6.72. The van der Waals surface area contributed by atoms with Crippen molar-refractivity contribution in [1.82, 2.24) is 5.32 Å². The molecule has 1 aromatic carbocycles. The monoisotopic (exact) mass is 333 g/mol. The van der Waals surface area contributed by atoms with E-state index in [1.807, 2.05) is 18.2 Å². The average Bonchev–Trinajstić information content (AvgIpc) is 3.00. The summed E-state index contributed by atoms with van der Waals surface area (Å²) in [6.45, 7) is 2.89. The number of nitrogen functional groups attached to an aromatic ring is 1. The van der Waals surface area contributed by atoms with E-state index >= 15 is 0 Å². The van der Waals surface area contributed by atoms with Gasteiger partial charge in [0.15, 0.2) is 0 Å². The number of benzene rings is 1. The average molecular weight is 333 g/mol. The van der Waals surface area contributed by atoms with Crippen molar-refractivity contribution in [3.8, 4) is 0 Å². The number of unbranched alkanes of at least 4 members (excludes halogenated alkanes) is 5. The van der Waals surface area contributed by atoms with Gasteiger partial charge in [-0.3, -0.25) is 4.79 Å². The highest BCUT2D eigenvalue weighted by Gasteiger charge is 2.31. The third kappa shape index (κ3) is 5.49. The molecule has 5 nitrogen and oxygen atoms in total. The summed E-state index contributed by atoms with van der Waals surface area (Å²) in [5.41, 5.74) is 8.37. The van der Waals surface area contributed by atoms with Gasteiger partial charge in [-0.2, -0.15) is 0 Å². The Morgan fingerprint density at radius 1 is 1.29 bits per heavy atom. The lowest BCUT2D eigenvalue weighted by atomic mass is 10.0. The van der Waals surface area contributed by atoms with Crippen LogP contribution in [-0.4, -0.2) is 29.7 Å². The molecule has 0 aliphatic carbocycles. The van der Waals surface area contributed by atoms with Crippen LogP contribution in [0.3, 0.4) is 0 Å². The van der Waals surface area contributed by atoms with Crippen molar-refractivity contribution in [2.75, 3.05) is 17.6 Å². The summed E-state index contributed by atoms with van der Waals surface area (Å²) in [7, 11) is 0.